The van der Waals surface area contributed by atoms with Crippen LogP contribution in [0.4, 0.5) is 5.69 Å². The van der Waals surface area contributed by atoms with Crippen molar-refractivity contribution in [2.75, 3.05) is 11.9 Å². The maximum absolute atomic E-state index is 12.4. The van der Waals surface area contributed by atoms with Crippen LogP contribution in [0.3, 0.4) is 0 Å². The number of benzene rings is 2. The van der Waals surface area contributed by atoms with Gasteiger partial charge in [0.25, 0.3) is 5.91 Å². The summed E-state index contributed by atoms with van der Waals surface area (Å²) in [5.74, 6) is -1.22. The predicted octanol–water partition coefficient (Wildman–Crippen LogP) is 2.85. The average molecular weight is 416 g/mol. The minimum Gasteiger partial charge on any atom is -0.452 e. The van der Waals surface area contributed by atoms with Gasteiger partial charge in [-0.05, 0) is 74.6 Å². The van der Waals surface area contributed by atoms with Crippen LogP contribution in [0.15, 0.2) is 41.3 Å². The van der Waals surface area contributed by atoms with E-state index in [1.807, 2.05) is 26.0 Å². The molecule has 2 N–H and O–H groups in total. The molecule has 0 aromatic heterocycles. The topological polar surface area (TPSA) is 102 Å². The maximum atomic E-state index is 12.4. The smallest absolute Gasteiger partial charge is 0.338 e. The number of rotatable bonds is 7. The van der Waals surface area contributed by atoms with E-state index >= 15 is 0 Å². The Kier molecular flexibility index (Phi) is 6.04. The molecule has 8 heteroatoms. The lowest BCUT2D eigenvalue weighted by atomic mass is 10.1. The normalized spacial score (nSPS) is 13.8. The van der Waals surface area contributed by atoms with Crippen LogP contribution in [0.25, 0.3) is 0 Å². The summed E-state index contributed by atoms with van der Waals surface area (Å²) in [6.45, 7) is 5.12. The highest BCUT2D eigenvalue weighted by Crippen LogP contribution is 2.23. The van der Waals surface area contributed by atoms with Crippen molar-refractivity contribution in [3.05, 3.63) is 58.7 Å². The second-order valence-electron chi connectivity index (χ2n) is 7.30. The second kappa shape index (κ2) is 8.34. The molecule has 1 amide bonds. The molecule has 7 nitrogen and oxygen atoms in total. The summed E-state index contributed by atoms with van der Waals surface area (Å²) in [6.07, 6.45) is 1.63. The lowest BCUT2D eigenvalue weighted by Crippen LogP contribution is -2.26. The first kappa shape index (κ1) is 21.0. The van der Waals surface area contributed by atoms with Crippen LogP contribution >= 0.6 is 0 Å². The van der Waals surface area contributed by atoms with Gasteiger partial charge in [0, 0.05) is 11.7 Å². The summed E-state index contributed by atoms with van der Waals surface area (Å²) in [5.41, 5.74) is 3.44. The third-order valence-corrected chi connectivity index (χ3v) is 6.28. The Morgan fingerprint density at radius 1 is 1.00 bits per heavy atom. The van der Waals surface area contributed by atoms with Gasteiger partial charge in [-0.15, -0.1) is 0 Å². The molecular formula is C21H24N2O5S. The van der Waals surface area contributed by atoms with E-state index < -0.39 is 28.5 Å². The fraction of sp³-hybridized carbons (Fsp3) is 0.333. The van der Waals surface area contributed by atoms with Crippen molar-refractivity contribution in [2.45, 2.75) is 44.6 Å². The number of nitrogens with one attached hydrogen (secondary N) is 2. The standard InChI is InChI=1S/C21H24N2O5S/c1-13-4-6-17(10-15(13)3)22-20(24)12-28-21(25)19-11-18(9-5-14(19)2)29(26,27)23-16-7-8-16/h4-6,9-11,16,23H,7-8,12H2,1-3H3,(H,22,24). The molecule has 1 aliphatic rings. The number of aryl methyl sites for hydroxylation is 3. The van der Waals surface area contributed by atoms with Crippen LogP contribution in [0.5, 0.6) is 0 Å². The lowest BCUT2D eigenvalue weighted by Gasteiger charge is -2.11. The van der Waals surface area contributed by atoms with E-state index in [0.29, 0.717) is 11.3 Å². The minimum atomic E-state index is -3.69. The molecule has 0 aliphatic heterocycles. The molecule has 0 heterocycles. The van der Waals surface area contributed by atoms with Crippen LogP contribution in [-0.2, 0) is 19.6 Å². The van der Waals surface area contributed by atoms with Crippen LogP contribution in [0.1, 0.15) is 39.9 Å². The highest BCUT2D eigenvalue weighted by atomic mass is 32.2. The summed E-state index contributed by atoms with van der Waals surface area (Å²) < 4.78 is 32.4. The molecule has 3 rings (SSSR count). The quantitative estimate of drug-likeness (QED) is 0.676. The van der Waals surface area contributed by atoms with E-state index in [1.165, 1.54) is 12.1 Å². The van der Waals surface area contributed by atoms with Crippen molar-refractivity contribution in [3.63, 3.8) is 0 Å². The van der Waals surface area contributed by atoms with Crippen molar-refractivity contribution in [3.8, 4) is 0 Å². The van der Waals surface area contributed by atoms with Gasteiger partial charge in [0.1, 0.15) is 0 Å². The molecule has 2 aromatic carbocycles. The average Bonchev–Trinajstić information content (AvgIpc) is 3.46. The van der Waals surface area contributed by atoms with E-state index in [4.69, 9.17) is 4.74 Å². The third kappa shape index (κ3) is 5.42. The SMILES string of the molecule is Cc1ccc(NC(=O)COC(=O)c2cc(S(=O)(=O)NC3CC3)ccc2C)cc1C. The first-order chi connectivity index (χ1) is 13.7. The van der Waals surface area contributed by atoms with E-state index in [1.54, 1.807) is 19.1 Å². The largest absolute Gasteiger partial charge is 0.452 e. The predicted molar refractivity (Wildman–Crippen MR) is 109 cm³/mol. The number of hydrogen-bond acceptors (Lipinski definition) is 5. The Balaban J connectivity index is 1.64. The highest BCUT2D eigenvalue weighted by molar-refractivity contribution is 7.89. The number of carbonyl (C=O) groups is 2. The van der Waals surface area contributed by atoms with Crippen molar-refractivity contribution in [1.82, 2.24) is 4.72 Å². The molecule has 1 aliphatic carbocycles. The van der Waals surface area contributed by atoms with Crippen molar-refractivity contribution in [1.29, 1.82) is 0 Å². The summed E-state index contributed by atoms with van der Waals surface area (Å²) in [6, 6.07) is 9.74. The van der Waals surface area contributed by atoms with Gasteiger partial charge < -0.3 is 10.1 Å². The van der Waals surface area contributed by atoms with Gasteiger partial charge in [0.2, 0.25) is 10.0 Å². The molecule has 0 unspecified atom stereocenters. The number of hydrogen-bond donors (Lipinski definition) is 2. The number of carbonyl (C=O) groups excluding carboxylic acids is 2. The Morgan fingerprint density at radius 2 is 1.69 bits per heavy atom. The van der Waals surface area contributed by atoms with E-state index in [-0.39, 0.29) is 16.5 Å². The third-order valence-electron chi connectivity index (χ3n) is 4.76. The van der Waals surface area contributed by atoms with E-state index in [9.17, 15) is 18.0 Å². The van der Waals surface area contributed by atoms with Crippen LogP contribution in [-0.4, -0.2) is 32.9 Å². The summed E-state index contributed by atoms with van der Waals surface area (Å²) in [7, 11) is -3.69. The fourth-order valence-corrected chi connectivity index (χ4v) is 4.03. The van der Waals surface area contributed by atoms with Gasteiger partial charge >= 0.3 is 5.97 Å². The molecular weight excluding hydrogens is 392 g/mol. The Hall–Kier alpha value is -2.71. The van der Waals surface area contributed by atoms with Gasteiger partial charge in [-0.2, -0.15) is 0 Å². The maximum Gasteiger partial charge on any atom is 0.338 e. The summed E-state index contributed by atoms with van der Waals surface area (Å²) in [5, 5.41) is 2.67. The number of esters is 1. The Labute approximate surface area is 170 Å². The van der Waals surface area contributed by atoms with Crippen LogP contribution < -0.4 is 10.0 Å². The second-order valence-corrected chi connectivity index (χ2v) is 9.01. The molecule has 1 saturated carbocycles. The molecule has 154 valence electrons. The Bertz CT molecular complexity index is 1060. The van der Waals surface area contributed by atoms with Crippen LogP contribution in [0, 0.1) is 20.8 Å². The van der Waals surface area contributed by atoms with Crippen molar-refractivity contribution < 1.29 is 22.7 Å². The number of sulfonamides is 1. The molecule has 2 aromatic rings. The first-order valence-corrected chi connectivity index (χ1v) is 10.8. The van der Waals surface area contributed by atoms with Gasteiger partial charge in [0.05, 0.1) is 10.5 Å². The summed E-state index contributed by atoms with van der Waals surface area (Å²) in [4.78, 5) is 24.5. The number of amides is 1. The molecule has 29 heavy (non-hydrogen) atoms. The zero-order valence-electron chi connectivity index (χ0n) is 16.6. The van der Waals surface area contributed by atoms with Crippen molar-refractivity contribution >= 4 is 27.6 Å². The number of ether oxygens (including phenoxy) is 1. The zero-order chi connectivity index (χ0) is 21.2. The zero-order valence-corrected chi connectivity index (χ0v) is 17.4. The monoisotopic (exact) mass is 416 g/mol. The lowest BCUT2D eigenvalue weighted by molar-refractivity contribution is -0.119. The first-order valence-electron chi connectivity index (χ1n) is 9.33. The van der Waals surface area contributed by atoms with Gasteiger partial charge in [-0.25, -0.2) is 17.9 Å². The van der Waals surface area contributed by atoms with E-state index in [0.717, 1.165) is 24.0 Å². The van der Waals surface area contributed by atoms with Gasteiger partial charge in [0.15, 0.2) is 6.61 Å². The van der Waals surface area contributed by atoms with E-state index in [2.05, 4.69) is 10.0 Å². The van der Waals surface area contributed by atoms with Crippen molar-refractivity contribution in [2.24, 2.45) is 0 Å². The fourth-order valence-electron chi connectivity index (χ4n) is 2.70. The molecule has 0 spiro atoms. The highest BCUT2D eigenvalue weighted by Gasteiger charge is 2.28. The number of anilines is 1. The molecule has 0 saturated heterocycles. The minimum absolute atomic E-state index is 0.00142. The van der Waals surface area contributed by atoms with Gasteiger partial charge in [-0.3, -0.25) is 4.79 Å². The molecule has 1 fully saturated rings. The molecule has 0 bridgehead atoms. The molecule has 0 atom stereocenters. The molecule has 0 radical (unpaired) electrons. The van der Waals surface area contributed by atoms with Gasteiger partial charge in [-0.1, -0.05) is 12.1 Å². The Morgan fingerprint density at radius 3 is 2.34 bits per heavy atom. The summed E-state index contributed by atoms with van der Waals surface area (Å²) >= 11 is 0. The van der Waals surface area contributed by atoms with Crippen LogP contribution in [0.2, 0.25) is 0 Å².